The fourth-order valence-corrected chi connectivity index (χ4v) is 2.16. The molecule has 0 bridgehead atoms. The van der Waals surface area contributed by atoms with Crippen molar-refractivity contribution in [3.8, 4) is 0 Å². The fourth-order valence-electron chi connectivity index (χ4n) is 1.61. The molecule has 0 unspecified atom stereocenters. The lowest BCUT2D eigenvalue weighted by Gasteiger charge is -2.07. The SMILES string of the molecule is CSc1ncccc1C(=O)NCCn1cc(C(=O)O)nn1. The maximum atomic E-state index is 12.0. The molecule has 2 rings (SSSR count). The van der Waals surface area contributed by atoms with Crippen molar-refractivity contribution in [3.63, 3.8) is 0 Å². The predicted octanol–water partition coefficient (Wildman–Crippen LogP) is 0.523. The van der Waals surface area contributed by atoms with Gasteiger partial charge < -0.3 is 10.4 Å². The molecule has 0 aliphatic heterocycles. The predicted molar refractivity (Wildman–Crippen MR) is 75.3 cm³/mol. The van der Waals surface area contributed by atoms with Gasteiger partial charge in [-0.15, -0.1) is 16.9 Å². The van der Waals surface area contributed by atoms with Crippen LogP contribution in [-0.2, 0) is 6.54 Å². The van der Waals surface area contributed by atoms with Crippen LogP contribution in [0, 0.1) is 0 Å². The standard InChI is InChI=1S/C12H13N5O3S/c1-21-11-8(3-2-4-14-11)10(18)13-5-6-17-7-9(12(19)20)15-16-17/h2-4,7H,5-6H2,1H3,(H,13,18)(H,19,20). The van der Waals surface area contributed by atoms with Crippen LogP contribution in [0.15, 0.2) is 29.6 Å². The Morgan fingerprint density at radius 3 is 2.95 bits per heavy atom. The summed E-state index contributed by atoms with van der Waals surface area (Å²) in [5.74, 6) is -1.36. The molecule has 8 nitrogen and oxygen atoms in total. The van der Waals surface area contributed by atoms with Crippen molar-refractivity contribution in [1.29, 1.82) is 0 Å². The largest absolute Gasteiger partial charge is 0.476 e. The molecule has 0 aromatic carbocycles. The van der Waals surface area contributed by atoms with E-state index in [1.165, 1.54) is 22.6 Å². The molecule has 2 aromatic rings. The van der Waals surface area contributed by atoms with Crippen LogP contribution < -0.4 is 5.32 Å². The van der Waals surface area contributed by atoms with Gasteiger partial charge in [-0.25, -0.2) is 14.5 Å². The molecule has 110 valence electrons. The van der Waals surface area contributed by atoms with E-state index in [-0.39, 0.29) is 11.6 Å². The highest BCUT2D eigenvalue weighted by molar-refractivity contribution is 7.98. The Bertz CT molecular complexity index is 658. The summed E-state index contributed by atoms with van der Waals surface area (Å²) in [6.07, 6.45) is 4.79. The van der Waals surface area contributed by atoms with Crippen molar-refractivity contribution < 1.29 is 14.7 Å². The number of carboxylic acid groups (broad SMARTS) is 1. The second-order valence-electron chi connectivity index (χ2n) is 3.99. The minimum Gasteiger partial charge on any atom is -0.476 e. The van der Waals surface area contributed by atoms with Gasteiger partial charge in [0.15, 0.2) is 5.69 Å². The first kappa shape index (κ1) is 15.0. The van der Waals surface area contributed by atoms with E-state index in [0.29, 0.717) is 23.7 Å². The summed E-state index contributed by atoms with van der Waals surface area (Å²) >= 11 is 1.40. The molecule has 0 saturated carbocycles. The number of hydrogen-bond acceptors (Lipinski definition) is 6. The summed E-state index contributed by atoms with van der Waals surface area (Å²) in [6.45, 7) is 0.644. The van der Waals surface area contributed by atoms with Crippen LogP contribution in [0.4, 0.5) is 0 Å². The van der Waals surface area contributed by atoms with Gasteiger partial charge in [-0.1, -0.05) is 5.21 Å². The molecule has 0 saturated heterocycles. The summed E-state index contributed by atoms with van der Waals surface area (Å²) in [5.41, 5.74) is 0.382. The summed E-state index contributed by atoms with van der Waals surface area (Å²) in [6, 6.07) is 3.40. The van der Waals surface area contributed by atoms with E-state index in [9.17, 15) is 9.59 Å². The Morgan fingerprint density at radius 1 is 1.48 bits per heavy atom. The number of rotatable bonds is 6. The Hall–Kier alpha value is -2.42. The van der Waals surface area contributed by atoms with E-state index in [2.05, 4.69) is 20.6 Å². The first-order valence-corrected chi connectivity index (χ1v) is 7.25. The third-order valence-corrected chi connectivity index (χ3v) is 3.31. The fraction of sp³-hybridized carbons (Fsp3) is 0.250. The Morgan fingerprint density at radius 2 is 2.29 bits per heavy atom. The van der Waals surface area contributed by atoms with Gasteiger partial charge in [0.1, 0.15) is 5.03 Å². The van der Waals surface area contributed by atoms with Crippen molar-refractivity contribution in [2.45, 2.75) is 11.6 Å². The molecular formula is C12H13N5O3S. The van der Waals surface area contributed by atoms with Gasteiger partial charge in [0.05, 0.1) is 18.3 Å². The van der Waals surface area contributed by atoms with E-state index in [4.69, 9.17) is 5.11 Å². The molecular weight excluding hydrogens is 294 g/mol. The molecule has 2 heterocycles. The second-order valence-corrected chi connectivity index (χ2v) is 4.78. The number of nitrogens with one attached hydrogen (secondary N) is 1. The summed E-state index contributed by atoms with van der Waals surface area (Å²) < 4.78 is 1.36. The molecule has 1 amide bonds. The van der Waals surface area contributed by atoms with Gasteiger partial charge in [-0.05, 0) is 18.4 Å². The molecule has 21 heavy (non-hydrogen) atoms. The molecule has 9 heteroatoms. The minimum absolute atomic E-state index is 0.127. The monoisotopic (exact) mass is 307 g/mol. The van der Waals surface area contributed by atoms with Gasteiger partial charge in [0, 0.05) is 12.7 Å². The van der Waals surface area contributed by atoms with E-state index >= 15 is 0 Å². The maximum Gasteiger partial charge on any atom is 0.358 e. The highest BCUT2D eigenvalue weighted by atomic mass is 32.2. The van der Waals surface area contributed by atoms with E-state index in [1.807, 2.05) is 6.26 Å². The summed E-state index contributed by atoms with van der Waals surface area (Å²) in [4.78, 5) is 26.8. The number of amides is 1. The summed E-state index contributed by atoms with van der Waals surface area (Å²) in [5, 5.41) is 19.3. The highest BCUT2D eigenvalue weighted by Crippen LogP contribution is 2.16. The van der Waals surface area contributed by atoms with Gasteiger partial charge in [-0.3, -0.25) is 4.79 Å². The average molecular weight is 307 g/mol. The Kier molecular flexibility index (Phi) is 4.88. The van der Waals surface area contributed by atoms with Gasteiger partial charge >= 0.3 is 5.97 Å². The van der Waals surface area contributed by atoms with Gasteiger partial charge in [-0.2, -0.15) is 0 Å². The Balaban J connectivity index is 1.90. The van der Waals surface area contributed by atoms with Crippen LogP contribution in [0.1, 0.15) is 20.8 Å². The maximum absolute atomic E-state index is 12.0. The average Bonchev–Trinajstić information content (AvgIpc) is 2.96. The Labute approximate surface area is 124 Å². The third kappa shape index (κ3) is 3.78. The van der Waals surface area contributed by atoms with Crippen molar-refractivity contribution in [1.82, 2.24) is 25.3 Å². The molecule has 0 fully saturated rings. The lowest BCUT2D eigenvalue weighted by atomic mass is 10.2. The second kappa shape index (κ2) is 6.84. The van der Waals surface area contributed by atoms with Crippen molar-refractivity contribution in [2.24, 2.45) is 0 Å². The number of nitrogens with zero attached hydrogens (tertiary/aromatic N) is 4. The van der Waals surface area contributed by atoms with Crippen LogP contribution in [0.25, 0.3) is 0 Å². The van der Waals surface area contributed by atoms with Crippen molar-refractivity contribution >= 4 is 23.6 Å². The molecule has 0 atom stereocenters. The number of carbonyl (C=O) groups excluding carboxylic acids is 1. The topological polar surface area (TPSA) is 110 Å². The number of carboxylic acids is 1. The molecule has 0 spiro atoms. The van der Waals surface area contributed by atoms with Gasteiger partial charge in [0.2, 0.25) is 0 Å². The highest BCUT2D eigenvalue weighted by Gasteiger charge is 2.11. The van der Waals surface area contributed by atoms with E-state index < -0.39 is 5.97 Å². The lowest BCUT2D eigenvalue weighted by molar-refractivity contribution is 0.0690. The zero-order chi connectivity index (χ0) is 15.2. The number of hydrogen-bond donors (Lipinski definition) is 2. The van der Waals surface area contributed by atoms with Crippen LogP contribution in [-0.4, -0.2) is 49.8 Å². The van der Waals surface area contributed by atoms with Crippen molar-refractivity contribution in [3.05, 3.63) is 35.8 Å². The molecule has 2 aromatic heterocycles. The zero-order valence-corrected chi connectivity index (χ0v) is 12.0. The van der Waals surface area contributed by atoms with Crippen LogP contribution in [0.5, 0.6) is 0 Å². The first-order valence-electron chi connectivity index (χ1n) is 6.02. The normalized spacial score (nSPS) is 10.3. The zero-order valence-electron chi connectivity index (χ0n) is 11.2. The molecule has 0 radical (unpaired) electrons. The molecule has 2 N–H and O–H groups in total. The van der Waals surface area contributed by atoms with E-state index in [1.54, 1.807) is 18.3 Å². The molecule has 0 aliphatic rings. The first-order chi connectivity index (χ1) is 10.1. The number of aromatic nitrogens is 4. The van der Waals surface area contributed by atoms with E-state index in [0.717, 1.165) is 0 Å². The van der Waals surface area contributed by atoms with Crippen LogP contribution >= 0.6 is 11.8 Å². The summed E-state index contributed by atoms with van der Waals surface area (Å²) in [7, 11) is 0. The lowest BCUT2D eigenvalue weighted by Crippen LogP contribution is -2.28. The molecule has 0 aliphatic carbocycles. The van der Waals surface area contributed by atoms with Crippen LogP contribution in [0.2, 0.25) is 0 Å². The quantitative estimate of drug-likeness (QED) is 0.749. The number of thioether (sulfide) groups is 1. The van der Waals surface area contributed by atoms with Crippen molar-refractivity contribution in [2.75, 3.05) is 12.8 Å². The van der Waals surface area contributed by atoms with Crippen LogP contribution in [0.3, 0.4) is 0 Å². The number of pyridine rings is 1. The van der Waals surface area contributed by atoms with Gasteiger partial charge in [0.25, 0.3) is 5.91 Å². The smallest absolute Gasteiger partial charge is 0.358 e. The minimum atomic E-state index is -1.13. The number of carbonyl (C=O) groups is 2. The third-order valence-electron chi connectivity index (χ3n) is 2.59. The number of aromatic carboxylic acids is 1.